The number of halogens is 2. The van der Waals surface area contributed by atoms with E-state index in [-0.39, 0.29) is 22.4 Å². The van der Waals surface area contributed by atoms with E-state index < -0.39 is 15.8 Å². The van der Waals surface area contributed by atoms with Gasteiger partial charge in [0, 0.05) is 16.3 Å². The summed E-state index contributed by atoms with van der Waals surface area (Å²) in [5.41, 5.74) is 0.799. The number of sulfonamides is 1. The van der Waals surface area contributed by atoms with Gasteiger partial charge in [-0.25, -0.2) is 17.2 Å². The van der Waals surface area contributed by atoms with Crippen LogP contribution in [-0.2, 0) is 14.8 Å². The van der Waals surface area contributed by atoms with Gasteiger partial charge in [-0.3, -0.25) is 9.52 Å². The molecule has 0 bridgehead atoms. The normalized spacial score (nSPS) is 11.1. The van der Waals surface area contributed by atoms with Crippen molar-refractivity contribution in [3.05, 3.63) is 84.4 Å². The minimum absolute atomic E-state index is 0.0610. The second-order valence-electron chi connectivity index (χ2n) is 5.93. The van der Waals surface area contributed by atoms with E-state index in [2.05, 4.69) is 10.0 Å². The Morgan fingerprint density at radius 1 is 0.793 bits per heavy atom. The van der Waals surface area contributed by atoms with E-state index in [0.29, 0.717) is 11.4 Å². The summed E-state index contributed by atoms with van der Waals surface area (Å²) in [6, 6.07) is 16.4. The molecule has 0 aliphatic heterocycles. The van der Waals surface area contributed by atoms with Gasteiger partial charge in [-0.1, -0.05) is 0 Å². The molecular formula is C20H16F2N2O3S2. The molecule has 0 aromatic heterocycles. The molecule has 1 amide bonds. The lowest BCUT2D eigenvalue weighted by atomic mass is 10.3. The third kappa shape index (κ3) is 6.03. The van der Waals surface area contributed by atoms with Gasteiger partial charge in [0.15, 0.2) is 0 Å². The first-order chi connectivity index (χ1) is 13.8. The van der Waals surface area contributed by atoms with Crippen LogP contribution in [-0.4, -0.2) is 20.1 Å². The number of rotatable bonds is 7. The highest BCUT2D eigenvalue weighted by Crippen LogP contribution is 2.21. The van der Waals surface area contributed by atoms with E-state index in [0.717, 1.165) is 17.0 Å². The Morgan fingerprint density at radius 3 is 1.90 bits per heavy atom. The first-order valence-electron chi connectivity index (χ1n) is 8.38. The summed E-state index contributed by atoms with van der Waals surface area (Å²) in [5, 5.41) is 2.70. The molecule has 0 fully saturated rings. The molecule has 150 valence electrons. The molecule has 0 saturated carbocycles. The van der Waals surface area contributed by atoms with Gasteiger partial charge < -0.3 is 5.32 Å². The highest BCUT2D eigenvalue weighted by Gasteiger charge is 2.14. The molecule has 2 N–H and O–H groups in total. The fraction of sp³-hybridized carbons (Fsp3) is 0.0500. The SMILES string of the molecule is O=C(CSc1ccc(F)cc1)Nc1ccc(NS(=O)(=O)c2ccc(F)cc2)cc1. The van der Waals surface area contributed by atoms with Crippen LogP contribution < -0.4 is 10.0 Å². The number of benzene rings is 3. The summed E-state index contributed by atoms with van der Waals surface area (Å²) in [5.74, 6) is -0.973. The summed E-state index contributed by atoms with van der Waals surface area (Å²) in [4.78, 5) is 12.7. The predicted molar refractivity (Wildman–Crippen MR) is 109 cm³/mol. The third-order valence-corrected chi connectivity index (χ3v) is 6.14. The highest BCUT2D eigenvalue weighted by molar-refractivity contribution is 8.00. The maximum Gasteiger partial charge on any atom is 0.261 e. The minimum Gasteiger partial charge on any atom is -0.325 e. The van der Waals surface area contributed by atoms with Gasteiger partial charge in [0.25, 0.3) is 10.0 Å². The van der Waals surface area contributed by atoms with Crippen LogP contribution in [0.5, 0.6) is 0 Å². The Hall–Kier alpha value is -2.91. The molecule has 3 aromatic rings. The smallest absolute Gasteiger partial charge is 0.261 e. The molecule has 0 spiro atoms. The summed E-state index contributed by atoms with van der Waals surface area (Å²) >= 11 is 1.27. The molecule has 0 heterocycles. The fourth-order valence-corrected chi connectivity index (χ4v) is 4.08. The quantitative estimate of drug-likeness (QED) is 0.537. The molecule has 0 unspecified atom stereocenters. The Labute approximate surface area is 171 Å². The van der Waals surface area contributed by atoms with E-state index in [1.54, 1.807) is 24.3 Å². The van der Waals surface area contributed by atoms with Crippen molar-refractivity contribution in [2.45, 2.75) is 9.79 Å². The standard InChI is InChI=1S/C20H16F2N2O3S2/c21-14-1-9-18(10-2-14)28-13-20(25)23-16-5-7-17(8-6-16)24-29(26,27)19-11-3-15(22)4-12-19/h1-12,24H,13H2,(H,23,25). The monoisotopic (exact) mass is 434 g/mol. The zero-order valence-electron chi connectivity index (χ0n) is 14.9. The van der Waals surface area contributed by atoms with E-state index in [1.165, 1.54) is 48.2 Å². The van der Waals surface area contributed by atoms with E-state index in [1.807, 2.05) is 0 Å². The van der Waals surface area contributed by atoms with Gasteiger partial charge in [0.05, 0.1) is 10.6 Å². The lowest BCUT2D eigenvalue weighted by molar-refractivity contribution is -0.113. The summed E-state index contributed by atoms with van der Waals surface area (Å²) in [6.45, 7) is 0. The fourth-order valence-electron chi connectivity index (χ4n) is 2.33. The van der Waals surface area contributed by atoms with Crippen LogP contribution in [0.15, 0.2) is 82.6 Å². The van der Waals surface area contributed by atoms with Gasteiger partial charge in [-0.05, 0) is 72.8 Å². The van der Waals surface area contributed by atoms with Crippen molar-refractivity contribution in [3.8, 4) is 0 Å². The third-order valence-electron chi connectivity index (χ3n) is 3.73. The average molecular weight is 434 g/mol. The Bertz CT molecular complexity index is 1090. The number of anilines is 2. The number of nitrogens with one attached hydrogen (secondary N) is 2. The second kappa shape index (κ2) is 9.06. The molecule has 29 heavy (non-hydrogen) atoms. The topological polar surface area (TPSA) is 75.3 Å². The van der Waals surface area contributed by atoms with E-state index in [4.69, 9.17) is 0 Å². The van der Waals surface area contributed by atoms with Crippen molar-refractivity contribution < 1.29 is 22.0 Å². The first-order valence-corrected chi connectivity index (χ1v) is 10.9. The molecular weight excluding hydrogens is 418 g/mol. The summed E-state index contributed by atoms with van der Waals surface area (Å²) < 4.78 is 52.8. The number of carbonyl (C=O) groups is 1. The molecule has 0 saturated heterocycles. The van der Waals surface area contributed by atoms with Crippen molar-refractivity contribution in [3.63, 3.8) is 0 Å². The molecule has 3 aromatic carbocycles. The highest BCUT2D eigenvalue weighted by atomic mass is 32.2. The summed E-state index contributed by atoms with van der Waals surface area (Å²) in [7, 11) is -3.84. The first kappa shape index (κ1) is 20.8. The van der Waals surface area contributed by atoms with Gasteiger partial charge in [-0.15, -0.1) is 11.8 Å². The molecule has 0 radical (unpaired) electrons. The lowest BCUT2D eigenvalue weighted by Gasteiger charge is -2.10. The predicted octanol–water partition coefficient (Wildman–Crippen LogP) is 4.50. The largest absolute Gasteiger partial charge is 0.325 e. The molecule has 0 aliphatic rings. The van der Waals surface area contributed by atoms with Gasteiger partial charge >= 0.3 is 0 Å². The summed E-state index contributed by atoms with van der Waals surface area (Å²) in [6.07, 6.45) is 0. The molecule has 0 aliphatic carbocycles. The van der Waals surface area contributed by atoms with Crippen LogP contribution in [0.3, 0.4) is 0 Å². The molecule has 5 nitrogen and oxygen atoms in total. The minimum atomic E-state index is -3.84. The zero-order valence-corrected chi connectivity index (χ0v) is 16.6. The number of amides is 1. The number of thioether (sulfide) groups is 1. The van der Waals surface area contributed by atoms with Crippen LogP contribution >= 0.6 is 11.8 Å². The van der Waals surface area contributed by atoms with Crippen molar-refractivity contribution in [1.29, 1.82) is 0 Å². The van der Waals surface area contributed by atoms with Gasteiger partial charge in [-0.2, -0.15) is 0 Å². The average Bonchev–Trinajstić information content (AvgIpc) is 2.69. The van der Waals surface area contributed by atoms with Crippen molar-refractivity contribution in [2.24, 2.45) is 0 Å². The van der Waals surface area contributed by atoms with Crippen molar-refractivity contribution in [1.82, 2.24) is 0 Å². The van der Waals surface area contributed by atoms with E-state index >= 15 is 0 Å². The number of hydrogen-bond donors (Lipinski definition) is 2. The Morgan fingerprint density at radius 2 is 1.31 bits per heavy atom. The van der Waals surface area contributed by atoms with Gasteiger partial charge in [0.1, 0.15) is 11.6 Å². The van der Waals surface area contributed by atoms with Crippen LogP contribution in [0.4, 0.5) is 20.2 Å². The van der Waals surface area contributed by atoms with Gasteiger partial charge in [0.2, 0.25) is 5.91 Å². The van der Waals surface area contributed by atoms with Crippen LogP contribution in [0, 0.1) is 11.6 Å². The Balaban J connectivity index is 1.56. The van der Waals surface area contributed by atoms with E-state index in [9.17, 15) is 22.0 Å². The lowest BCUT2D eigenvalue weighted by Crippen LogP contribution is -2.15. The second-order valence-corrected chi connectivity index (χ2v) is 8.66. The van der Waals surface area contributed by atoms with Crippen molar-refractivity contribution in [2.75, 3.05) is 15.8 Å². The zero-order chi connectivity index (χ0) is 20.9. The number of carbonyl (C=O) groups excluding carboxylic acids is 1. The van der Waals surface area contributed by atoms with Crippen molar-refractivity contribution >= 4 is 39.1 Å². The number of hydrogen-bond acceptors (Lipinski definition) is 4. The van der Waals surface area contributed by atoms with Crippen LogP contribution in [0.25, 0.3) is 0 Å². The maximum absolute atomic E-state index is 13.0. The van der Waals surface area contributed by atoms with Crippen LogP contribution in [0.2, 0.25) is 0 Å². The molecule has 3 rings (SSSR count). The Kier molecular flexibility index (Phi) is 6.50. The van der Waals surface area contributed by atoms with Crippen LogP contribution in [0.1, 0.15) is 0 Å². The molecule has 0 atom stereocenters. The maximum atomic E-state index is 13.0. The molecule has 9 heteroatoms.